The van der Waals surface area contributed by atoms with Gasteiger partial charge in [-0.15, -0.1) is 0 Å². The third kappa shape index (κ3) is 7.81. The van der Waals surface area contributed by atoms with E-state index in [4.69, 9.17) is 16.3 Å². The molecule has 0 bridgehead atoms. The number of piperazine rings is 1. The van der Waals surface area contributed by atoms with Crippen LogP contribution in [0.25, 0.3) is 10.8 Å². The van der Waals surface area contributed by atoms with Crippen molar-refractivity contribution in [2.24, 2.45) is 16.7 Å². The number of benzene rings is 3. The topological polar surface area (TPSA) is 153 Å². The Labute approximate surface area is 353 Å². The summed E-state index contributed by atoms with van der Waals surface area (Å²) in [5.41, 5.74) is 0.943. The molecule has 60 heavy (non-hydrogen) atoms. The van der Waals surface area contributed by atoms with Crippen LogP contribution in [0.4, 0.5) is 15.8 Å². The Bertz CT molecular complexity index is 2430. The SMILES string of the molecule is CC1(C)C(NC(=O)c2ccc(N3CCC(CN4CCN(c5ccc6c(=O)n([C@H]7CCC(=O)NC7=O)ncc6c5)CC4)CC3)c(F)c2)C(C)(C)C1Oc1ccc(C#N)c(Cl)c1. The van der Waals surface area contributed by atoms with Gasteiger partial charge in [0.25, 0.3) is 17.4 Å². The maximum atomic E-state index is 15.7. The minimum Gasteiger partial charge on any atom is -0.489 e. The first kappa shape index (κ1) is 41.2. The van der Waals surface area contributed by atoms with E-state index in [0.717, 1.165) is 64.3 Å². The van der Waals surface area contributed by atoms with Gasteiger partial charge in [-0.3, -0.25) is 29.4 Å². The molecule has 3 aromatic carbocycles. The molecule has 15 heteroatoms. The summed E-state index contributed by atoms with van der Waals surface area (Å²) >= 11 is 6.24. The molecule has 13 nitrogen and oxygen atoms in total. The van der Waals surface area contributed by atoms with E-state index >= 15 is 4.39 Å². The summed E-state index contributed by atoms with van der Waals surface area (Å²) in [6, 6.07) is 16.5. The van der Waals surface area contributed by atoms with E-state index in [-0.39, 0.29) is 47.9 Å². The molecule has 4 fully saturated rings. The van der Waals surface area contributed by atoms with Crippen LogP contribution < -0.4 is 30.7 Å². The first-order chi connectivity index (χ1) is 28.6. The summed E-state index contributed by atoms with van der Waals surface area (Å²) in [6.45, 7) is 14.1. The molecule has 1 saturated carbocycles. The Morgan fingerprint density at radius 2 is 1.68 bits per heavy atom. The van der Waals surface area contributed by atoms with Gasteiger partial charge in [0.1, 0.15) is 29.8 Å². The average molecular weight is 837 g/mol. The number of fused-ring (bicyclic) bond motifs is 1. The van der Waals surface area contributed by atoms with Crippen molar-refractivity contribution in [3.8, 4) is 11.8 Å². The van der Waals surface area contributed by atoms with Gasteiger partial charge in [-0.05, 0) is 73.7 Å². The molecule has 8 rings (SSSR count). The maximum Gasteiger partial charge on any atom is 0.275 e. The Balaban J connectivity index is 0.808. The van der Waals surface area contributed by atoms with Crippen LogP contribution in [-0.2, 0) is 9.59 Å². The minimum atomic E-state index is -0.799. The van der Waals surface area contributed by atoms with Crippen LogP contribution in [0.1, 0.15) is 75.3 Å². The number of hydrogen-bond donors (Lipinski definition) is 2. The number of nitrogens with zero attached hydrogens (tertiary/aromatic N) is 6. The zero-order valence-corrected chi connectivity index (χ0v) is 35.1. The fraction of sp³-hybridized carbons (Fsp3) is 0.467. The van der Waals surface area contributed by atoms with Gasteiger partial charge >= 0.3 is 0 Å². The number of rotatable bonds is 9. The fourth-order valence-corrected chi connectivity index (χ4v) is 10.3. The summed E-state index contributed by atoms with van der Waals surface area (Å²) in [4.78, 5) is 57.6. The van der Waals surface area contributed by atoms with E-state index < -0.39 is 28.6 Å². The molecule has 3 saturated heterocycles. The first-order valence-electron chi connectivity index (χ1n) is 20.7. The van der Waals surface area contributed by atoms with E-state index in [9.17, 15) is 24.4 Å². The molecule has 1 aliphatic carbocycles. The average Bonchev–Trinajstić information content (AvgIpc) is 3.22. The van der Waals surface area contributed by atoms with Crippen molar-refractivity contribution in [3.63, 3.8) is 0 Å². The fourth-order valence-electron chi connectivity index (χ4n) is 10.1. The van der Waals surface area contributed by atoms with E-state index in [0.29, 0.717) is 38.7 Å². The van der Waals surface area contributed by atoms with Crippen LogP contribution in [0.15, 0.2) is 65.6 Å². The highest BCUT2D eigenvalue weighted by Gasteiger charge is 2.64. The standard InChI is InChI=1S/C45H50ClFN8O5/c1-44(2)42(45(3,4)43(44)60-32-8-5-29(24-48)34(46)23-32)51-39(57)28-6-10-36(35(47)22-28)54-15-13-27(14-16-54)26-52-17-19-53(20-18-52)31-7-9-33-30(21-31)25-49-55(41(33)59)37-11-12-38(56)50-40(37)58/h5-10,21-23,25,27,37,42-43H,11-20,26H2,1-4H3,(H,51,57)(H,50,56,58)/t37-,42?,43?/m0/s1. The van der Waals surface area contributed by atoms with Crippen molar-refractivity contribution < 1.29 is 23.5 Å². The van der Waals surface area contributed by atoms with Crippen molar-refractivity contribution in [3.05, 3.63) is 93.1 Å². The molecule has 3 aliphatic heterocycles. The van der Waals surface area contributed by atoms with Gasteiger partial charge in [0, 0.05) is 91.8 Å². The highest BCUT2D eigenvalue weighted by atomic mass is 35.5. The second kappa shape index (κ2) is 16.2. The van der Waals surface area contributed by atoms with E-state index in [2.05, 4.69) is 36.5 Å². The lowest BCUT2D eigenvalue weighted by Crippen LogP contribution is -2.74. The van der Waals surface area contributed by atoms with Crippen LogP contribution in [0.2, 0.25) is 5.02 Å². The lowest BCUT2D eigenvalue weighted by Gasteiger charge is -2.63. The van der Waals surface area contributed by atoms with Crippen molar-refractivity contribution in [2.75, 3.05) is 55.6 Å². The van der Waals surface area contributed by atoms with Crippen LogP contribution in [0, 0.1) is 33.9 Å². The Morgan fingerprint density at radius 1 is 0.950 bits per heavy atom. The Morgan fingerprint density at radius 3 is 2.35 bits per heavy atom. The number of carbonyl (C=O) groups excluding carboxylic acids is 3. The van der Waals surface area contributed by atoms with Crippen LogP contribution in [0.5, 0.6) is 5.75 Å². The van der Waals surface area contributed by atoms with Crippen molar-refractivity contribution in [1.29, 1.82) is 5.26 Å². The predicted molar refractivity (Wildman–Crippen MR) is 227 cm³/mol. The number of ether oxygens (including phenoxy) is 1. The van der Waals surface area contributed by atoms with Crippen molar-refractivity contribution in [2.45, 2.75) is 71.6 Å². The maximum absolute atomic E-state index is 15.7. The molecule has 0 radical (unpaired) electrons. The molecule has 1 aromatic heterocycles. The normalized spacial score (nSPS) is 23.1. The van der Waals surface area contributed by atoms with Gasteiger partial charge in [-0.2, -0.15) is 10.4 Å². The number of amides is 3. The van der Waals surface area contributed by atoms with Crippen LogP contribution in [0.3, 0.4) is 0 Å². The predicted octanol–water partition coefficient (Wildman–Crippen LogP) is 5.69. The van der Waals surface area contributed by atoms with Crippen LogP contribution in [-0.4, -0.2) is 90.4 Å². The number of nitriles is 1. The molecule has 0 unspecified atom stereocenters. The minimum absolute atomic E-state index is 0.170. The van der Waals surface area contributed by atoms with Gasteiger partial charge < -0.3 is 19.9 Å². The van der Waals surface area contributed by atoms with Crippen molar-refractivity contribution >= 4 is 51.5 Å². The number of nitrogens with one attached hydrogen (secondary N) is 2. The summed E-state index contributed by atoms with van der Waals surface area (Å²) in [6.07, 6.45) is 3.67. The molecule has 314 valence electrons. The van der Waals surface area contributed by atoms with Gasteiger partial charge in [-0.1, -0.05) is 39.3 Å². The summed E-state index contributed by atoms with van der Waals surface area (Å²) in [7, 11) is 0. The number of piperidine rings is 2. The highest BCUT2D eigenvalue weighted by Crippen LogP contribution is 2.55. The molecule has 4 aromatic rings. The van der Waals surface area contributed by atoms with Crippen molar-refractivity contribution in [1.82, 2.24) is 25.3 Å². The number of imide groups is 1. The first-order valence-corrected chi connectivity index (χ1v) is 21.1. The lowest BCUT2D eigenvalue weighted by molar-refractivity contribution is -0.164. The summed E-state index contributed by atoms with van der Waals surface area (Å²) < 4.78 is 23.2. The smallest absolute Gasteiger partial charge is 0.275 e. The molecule has 3 amide bonds. The van der Waals surface area contributed by atoms with E-state index in [1.807, 2.05) is 39.8 Å². The van der Waals surface area contributed by atoms with Gasteiger partial charge in [0.2, 0.25) is 5.91 Å². The number of carbonyl (C=O) groups is 3. The molecular weight excluding hydrogens is 787 g/mol. The number of halogens is 2. The quantitative estimate of drug-likeness (QED) is 0.201. The third-order valence-electron chi connectivity index (χ3n) is 13.1. The van der Waals surface area contributed by atoms with Gasteiger partial charge in [-0.25, -0.2) is 9.07 Å². The lowest BCUT2D eigenvalue weighted by atomic mass is 9.49. The summed E-state index contributed by atoms with van der Waals surface area (Å²) in [5, 5.41) is 20.5. The van der Waals surface area contributed by atoms with Gasteiger partial charge in [0.05, 0.1) is 27.9 Å². The summed E-state index contributed by atoms with van der Waals surface area (Å²) in [5.74, 6) is -0.534. The third-order valence-corrected chi connectivity index (χ3v) is 13.5. The monoisotopic (exact) mass is 836 g/mol. The molecule has 2 N–H and O–H groups in total. The Kier molecular flexibility index (Phi) is 11.1. The molecular formula is C45H50ClFN8O5. The second-order valence-electron chi connectivity index (χ2n) is 17.8. The number of hydrogen-bond acceptors (Lipinski definition) is 10. The molecule has 4 aliphatic rings. The Hall–Kier alpha value is -5.52. The van der Waals surface area contributed by atoms with E-state index in [1.54, 1.807) is 42.6 Å². The van der Waals surface area contributed by atoms with Gasteiger partial charge in [0.15, 0.2) is 0 Å². The highest BCUT2D eigenvalue weighted by molar-refractivity contribution is 6.31. The van der Waals surface area contributed by atoms with Crippen LogP contribution >= 0.6 is 11.6 Å². The zero-order chi connectivity index (χ0) is 42.5. The zero-order valence-electron chi connectivity index (χ0n) is 34.3. The molecule has 0 spiro atoms. The molecule has 4 heterocycles. The number of aromatic nitrogens is 2. The van der Waals surface area contributed by atoms with E-state index in [1.165, 1.54) is 10.7 Å². The second-order valence-corrected chi connectivity index (χ2v) is 18.2. The molecule has 1 atom stereocenters. The number of anilines is 2. The largest absolute Gasteiger partial charge is 0.489 e.